The van der Waals surface area contributed by atoms with Crippen LogP contribution in [0.3, 0.4) is 0 Å². The lowest BCUT2D eigenvalue weighted by Gasteiger charge is -2.46. The predicted octanol–water partition coefficient (Wildman–Crippen LogP) is 2.33. The summed E-state index contributed by atoms with van der Waals surface area (Å²) in [6.45, 7) is 4.83. The molecule has 0 aromatic rings. The van der Waals surface area contributed by atoms with Gasteiger partial charge >= 0.3 is 11.9 Å². The summed E-state index contributed by atoms with van der Waals surface area (Å²) in [6, 6.07) is 0. The molecule has 2 aliphatic carbocycles. The molecule has 0 aromatic carbocycles. The van der Waals surface area contributed by atoms with Crippen LogP contribution in [0.2, 0.25) is 0 Å². The minimum absolute atomic E-state index is 0.0336. The largest absolute Gasteiger partial charge is 0.462 e. The highest BCUT2D eigenvalue weighted by atomic mass is 16.5. The summed E-state index contributed by atoms with van der Waals surface area (Å²) >= 11 is 0. The number of hydrogen-bond acceptors (Lipinski definition) is 5. The molecule has 1 fully saturated rings. The molecule has 0 heterocycles. The van der Waals surface area contributed by atoms with Crippen molar-refractivity contribution >= 4 is 17.7 Å². The highest BCUT2D eigenvalue weighted by Gasteiger charge is 2.47. The van der Waals surface area contributed by atoms with Crippen molar-refractivity contribution in [2.45, 2.75) is 59.0 Å². The van der Waals surface area contributed by atoms with E-state index in [9.17, 15) is 14.4 Å². The van der Waals surface area contributed by atoms with E-state index in [1.54, 1.807) is 0 Å². The number of carbonyl (C=O) groups is 3. The summed E-state index contributed by atoms with van der Waals surface area (Å²) < 4.78 is 10.5. The molecule has 5 heteroatoms. The van der Waals surface area contributed by atoms with Crippen molar-refractivity contribution in [3.05, 3.63) is 11.1 Å². The summed E-state index contributed by atoms with van der Waals surface area (Å²) in [4.78, 5) is 34.5. The summed E-state index contributed by atoms with van der Waals surface area (Å²) in [6.07, 6.45) is 3.39. The van der Waals surface area contributed by atoms with Crippen LogP contribution >= 0.6 is 0 Å². The number of esters is 2. The average Bonchev–Trinajstić information content (AvgIpc) is 2.39. The van der Waals surface area contributed by atoms with Gasteiger partial charge in [-0.2, -0.15) is 0 Å². The van der Waals surface area contributed by atoms with Gasteiger partial charge in [0.1, 0.15) is 12.7 Å². The molecule has 0 aromatic heterocycles. The van der Waals surface area contributed by atoms with Gasteiger partial charge in [0.25, 0.3) is 0 Å². The summed E-state index contributed by atoms with van der Waals surface area (Å²) in [5.74, 6) is -0.636. The zero-order valence-electron chi connectivity index (χ0n) is 12.9. The fourth-order valence-electron chi connectivity index (χ4n) is 3.49. The highest BCUT2D eigenvalue weighted by Crippen LogP contribution is 2.50. The molecule has 0 bridgehead atoms. The van der Waals surface area contributed by atoms with Crippen LogP contribution in [-0.2, 0) is 23.9 Å². The maximum Gasteiger partial charge on any atom is 0.302 e. The van der Waals surface area contributed by atoms with Gasteiger partial charge in [-0.05, 0) is 25.7 Å². The van der Waals surface area contributed by atoms with Crippen LogP contribution in [0.4, 0.5) is 0 Å². The molecule has 0 unspecified atom stereocenters. The van der Waals surface area contributed by atoms with Crippen LogP contribution in [0.15, 0.2) is 11.1 Å². The van der Waals surface area contributed by atoms with Gasteiger partial charge in [0.15, 0.2) is 5.78 Å². The number of Topliss-reactive ketones (excluding diaryl/α,β-unsaturated/α-hetero) is 1. The van der Waals surface area contributed by atoms with Crippen molar-refractivity contribution in [2.75, 3.05) is 6.61 Å². The second-order valence-electron chi connectivity index (χ2n) is 6.07. The first-order chi connectivity index (χ1) is 9.84. The monoisotopic (exact) mass is 294 g/mol. The van der Waals surface area contributed by atoms with Gasteiger partial charge in [-0.3, -0.25) is 14.4 Å². The van der Waals surface area contributed by atoms with Crippen LogP contribution in [0.25, 0.3) is 0 Å². The second kappa shape index (κ2) is 6.00. The van der Waals surface area contributed by atoms with E-state index >= 15 is 0 Å². The third-order valence-electron chi connectivity index (χ3n) is 4.59. The van der Waals surface area contributed by atoms with Gasteiger partial charge in [0.2, 0.25) is 0 Å². The number of rotatable bonds is 3. The number of fused-ring (bicyclic) bond motifs is 1. The minimum atomic E-state index is -0.393. The molecular formula is C16H22O5. The molecule has 0 N–H and O–H groups in total. The molecule has 2 aliphatic rings. The van der Waals surface area contributed by atoms with Gasteiger partial charge in [0, 0.05) is 31.3 Å². The molecule has 0 spiro atoms. The lowest BCUT2D eigenvalue weighted by Crippen LogP contribution is -2.44. The summed E-state index contributed by atoms with van der Waals surface area (Å²) in [5.41, 5.74) is 1.31. The third-order valence-corrected chi connectivity index (χ3v) is 4.59. The van der Waals surface area contributed by atoms with E-state index in [1.807, 2.05) is 0 Å². The first-order valence-electron chi connectivity index (χ1n) is 7.41. The summed E-state index contributed by atoms with van der Waals surface area (Å²) in [7, 11) is 0. The number of hydrogen-bond donors (Lipinski definition) is 0. The number of carbonyl (C=O) groups excluding carboxylic acids is 3. The van der Waals surface area contributed by atoms with E-state index in [4.69, 9.17) is 9.47 Å². The first-order valence-corrected chi connectivity index (χ1v) is 7.41. The Labute approximate surface area is 124 Å². The van der Waals surface area contributed by atoms with Gasteiger partial charge in [0.05, 0.1) is 0 Å². The molecule has 116 valence electrons. The number of ether oxygens (including phenoxy) is 2. The Morgan fingerprint density at radius 1 is 1.24 bits per heavy atom. The van der Waals surface area contributed by atoms with Crippen molar-refractivity contribution in [3.8, 4) is 0 Å². The van der Waals surface area contributed by atoms with E-state index < -0.39 is 5.97 Å². The second-order valence-corrected chi connectivity index (χ2v) is 6.07. The Kier molecular flexibility index (Phi) is 4.49. The smallest absolute Gasteiger partial charge is 0.302 e. The Morgan fingerprint density at radius 3 is 2.57 bits per heavy atom. The third kappa shape index (κ3) is 3.17. The molecule has 2 atom stereocenters. The van der Waals surface area contributed by atoms with Crippen LogP contribution < -0.4 is 0 Å². The van der Waals surface area contributed by atoms with Crippen LogP contribution in [0.1, 0.15) is 52.9 Å². The van der Waals surface area contributed by atoms with Crippen LogP contribution in [0, 0.1) is 5.41 Å². The quantitative estimate of drug-likeness (QED) is 0.747. The van der Waals surface area contributed by atoms with E-state index in [0.717, 1.165) is 24.8 Å². The van der Waals surface area contributed by atoms with Crippen molar-refractivity contribution in [3.63, 3.8) is 0 Å². The van der Waals surface area contributed by atoms with Crippen LogP contribution in [-0.4, -0.2) is 30.4 Å². The van der Waals surface area contributed by atoms with E-state index in [1.165, 1.54) is 13.8 Å². The topological polar surface area (TPSA) is 69.7 Å². The zero-order chi connectivity index (χ0) is 15.6. The Morgan fingerprint density at radius 2 is 1.95 bits per heavy atom. The van der Waals surface area contributed by atoms with Gasteiger partial charge in [-0.1, -0.05) is 12.5 Å². The maximum atomic E-state index is 12.2. The van der Waals surface area contributed by atoms with Gasteiger partial charge in [-0.15, -0.1) is 0 Å². The molecule has 0 aliphatic heterocycles. The van der Waals surface area contributed by atoms with Gasteiger partial charge in [-0.25, -0.2) is 0 Å². The van der Waals surface area contributed by atoms with Crippen molar-refractivity contribution in [1.29, 1.82) is 0 Å². The van der Waals surface area contributed by atoms with Gasteiger partial charge < -0.3 is 9.47 Å². The minimum Gasteiger partial charge on any atom is -0.462 e. The fraction of sp³-hybridized carbons (Fsp3) is 0.688. The molecule has 1 saturated carbocycles. The van der Waals surface area contributed by atoms with Crippen molar-refractivity contribution < 1.29 is 23.9 Å². The Hall–Kier alpha value is -1.65. The SMILES string of the molecule is CC(=O)OCC1=C2CCC[C@H](OC(C)=O)[C@@]2(C)CCC1=O. The molecule has 21 heavy (non-hydrogen) atoms. The van der Waals surface area contributed by atoms with Crippen molar-refractivity contribution in [1.82, 2.24) is 0 Å². The summed E-state index contributed by atoms with van der Waals surface area (Å²) in [5, 5.41) is 0. The predicted molar refractivity (Wildman–Crippen MR) is 75.4 cm³/mol. The van der Waals surface area contributed by atoms with E-state index in [2.05, 4.69) is 6.92 Å². The van der Waals surface area contributed by atoms with Crippen LogP contribution in [0.5, 0.6) is 0 Å². The molecule has 5 nitrogen and oxygen atoms in total. The Balaban J connectivity index is 2.34. The Bertz CT molecular complexity index is 505. The van der Waals surface area contributed by atoms with E-state index in [-0.39, 0.29) is 29.9 Å². The maximum absolute atomic E-state index is 12.2. The van der Waals surface area contributed by atoms with E-state index in [0.29, 0.717) is 18.4 Å². The normalized spacial score (nSPS) is 28.9. The van der Waals surface area contributed by atoms with Crippen molar-refractivity contribution in [2.24, 2.45) is 5.41 Å². The number of ketones is 1. The molecule has 0 saturated heterocycles. The molecule has 0 radical (unpaired) electrons. The molecule has 2 rings (SSSR count). The molecule has 0 amide bonds. The fourth-order valence-corrected chi connectivity index (χ4v) is 3.49. The highest BCUT2D eigenvalue weighted by molar-refractivity contribution is 5.98. The zero-order valence-corrected chi connectivity index (χ0v) is 12.9. The molecular weight excluding hydrogens is 272 g/mol. The average molecular weight is 294 g/mol. The first kappa shape index (κ1) is 15.7. The lowest BCUT2D eigenvalue weighted by atomic mass is 9.62. The standard InChI is InChI=1S/C16H22O5/c1-10(17)20-9-12-13-5-4-6-15(21-11(2)18)16(13,3)8-7-14(12)19/h15H,4-9H2,1-3H3/t15-,16-/m0/s1. The lowest BCUT2D eigenvalue weighted by molar-refractivity contribution is -0.154.